The van der Waals surface area contributed by atoms with Crippen LogP contribution in [0.3, 0.4) is 0 Å². The van der Waals surface area contributed by atoms with E-state index in [1.807, 2.05) is 30.3 Å². The van der Waals surface area contributed by atoms with Crippen molar-refractivity contribution in [2.75, 3.05) is 6.54 Å². The van der Waals surface area contributed by atoms with Gasteiger partial charge in [-0.15, -0.1) is 19.0 Å². The maximum Gasteiger partial charge on any atom is 0.259 e. The molecule has 2 amide bonds. The van der Waals surface area contributed by atoms with Gasteiger partial charge in [-0.1, -0.05) is 24.3 Å². The third-order valence-electron chi connectivity index (χ3n) is 7.20. The van der Waals surface area contributed by atoms with Crippen molar-refractivity contribution in [1.29, 1.82) is 0 Å². The lowest BCUT2D eigenvalue weighted by Gasteiger charge is -2.22. The lowest BCUT2D eigenvalue weighted by molar-refractivity contribution is -0.130. The van der Waals surface area contributed by atoms with E-state index in [1.54, 1.807) is 19.2 Å². The van der Waals surface area contributed by atoms with Crippen LogP contribution in [0, 0.1) is 5.92 Å². The average molecular weight is 521 g/mol. The fourth-order valence-corrected chi connectivity index (χ4v) is 5.77. The summed E-state index contributed by atoms with van der Waals surface area (Å²) in [4.78, 5) is 30.3. The number of benzene rings is 1. The second-order valence-electron chi connectivity index (χ2n) is 9.67. The summed E-state index contributed by atoms with van der Waals surface area (Å²) < 4.78 is 32.4. The molecule has 0 bridgehead atoms. The Hall–Kier alpha value is -2.69. The standard InChI is InChI=1S/C24H28N4O5S.ClH/c1-3-16-13-24(16,22(30)28-34(31,32)23(2)9-10-23)27-20(29)19-12-17(14-26-19)33-21-18-7-5-4-6-15(18)8-11-25-21;/h3-8,11,16-17,19,26H,1,9-10,12-14H2,2H3,(H,27,29)(H,28,30);1H/t16-,17-,19+,24-;/m1./s1. The predicted molar refractivity (Wildman–Crippen MR) is 134 cm³/mol. The van der Waals surface area contributed by atoms with Crippen LogP contribution in [-0.4, -0.2) is 54.2 Å². The number of carbonyl (C=O) groups is 2. The van der Waals surface area contributed by atoms with Gasteiger partial charge in [0, 0.05) is 30.5 Å². The molecule has 3 fully saturated rings. The number of carbonyl (C=O) groups excluding carboxylic acids is 2. The SMILES string of the molecule is C=C[C@@H]1C[C@]1(NC(=O)[C@@H]1C[C@@H](Oc2nccc3ccccc23)CN1)C(=O)NS(=O)(=O)C1(C)CC1.Cl. The minimum Gasteiger partial charge on any atom is -0.472 e. The zero-order valence-corrected chi connectivity index (χ0v) is 21.0. The van der Waals surface area contributed by atoms with E-state index < -0.39 is 32.3 Å². The molecule has 4 atom stereocenters. The number of nitrogens with zero attached hydrogens (tertiary/aromatic N) is 1. The third-order valence-corrected chi connectivity index (χ3v) is 9.36. The van der Waals surface area contributed by atoms with Gasteiger partial charge in [-0.3, -0.25) is 14.3 Å². The lowest BCUT2D eigenvalue weighted by Crippen LogP contribution is -2.56. The lowest BCUT2D eigenvalue weighted by atomic mass is 10.1. The Kier molecular flexibility index (Phi) is 6.58. The van der Waals surface area contributed by atoms with Crippen LogP contribution in [0.25, 0.3) is 10.8 Å². The van der Waals surface area contributed by atoms with E-state index in [2.05, 4.69) is 26.9 Å². The van der Waals surface area contributed by atoms with Crippen molar-refractivity contribution in [3.05, 3.63) is 49.2 Å². The van der Waals surface area contributed by atoms with E-state index in [4.69, 9.17) is 4.74 Å². The van der Waals surface area contributed by atoms with Crippen molar-refractivity contribution in [3.63, 3.8) is 0 Å². The van der Waals surface area contributed by atoms with E-state index in [1.165, 1.54) is 0 Å². The summed E-state index contributed by atoms with van der Waals surface area (Å²) in [7, 11) is -3.80. The van der Waals surface area contributed by atoms with Crippen LogP contribution < -0.4 is 20.1 Å². The smallest absolute Gasteiger partial charge is 0.259 e. The van der Waals surface area contributed by atoms with Gasteiger partial charge in [0.15, 0.2) is 0 Å². The number of pyridine rings is 1. The number of sulfonamides is 1. The zero-order chi connectivity index (χ0) is 24.1. The van der Waals surface area contributed by atoms with Crippen molar-refractivity contribution in [1.82, 2.24) is 20.3 Å². The van der Waals surface area contributed by atoms with Crippen molar-refractivity contribution < 1.29 is 22.7 Å². The van der Waals surface area contributed by atoms with Gasteiger partial charge in [0.25, 0.3) is 5.91 Å². The molecule has 9 nitrogen and oxygen atoms in total. The fraction of sp³-hybridized carbons (Fsp3) is 0.458. The Balaban J connectivity index is 0.00000289. The minimum atomic E-state index is -3.80. The van der Waals surface area contributed by atoms with E-state index in [0.717, 1.165) is 10.8 Å². The summed E-state index contributed by atoms with van der Waals surface area (Å²) in [6.45, 7) is 5.78. The number of hydrogen-bond acceptors (Lipinski definition) is 7. The van der Waals surface area contributed by atoms with Crippen LogP contribution >= 0.6 is 12.4 Å². The largest absolute Gasteiger partial charge is 0.472 e. The normalized spacial score (nSPS) is 28.4. The predicted octanol–water partition coefficient (Wildman–Crippen LogP) is 1.83. The molecule has 1 aromatic heterocycles. The Morgan fingerprint density at radius 2 is 2.00 bits per heavy atom. The highest BCUT2D eigenvalue weighted by molar-refractivity contribution is 7.91. The highest BCUT2D eigenvalue weighted by Gasteiger charge is 2.62. The number of fused-ring (bicyclic) bond motifs is 1. The molecule has 35 heavy (non-hydrogen) atoms. The molecule has 1 saturated heterocycles. The number of ether oxygens (including phenoxy) is 1. The molecule has 0 unspecified atom stereocenters. The summed E-state index contributed by atoms with van der Waals surface area (Å²) in [5.74, 6) is -0.891. The van der Waals surface area contributed by atoms with Gasteiger partial charge in [-0.05, 0) is 43.7 Å². The molecule has 0 spiro atoms. The number of aromatic nitrogens is 1. The Morgan fingerprint density at radius 1 is 1.26 bits per heavy atom. The first kappa shape index (κ1) is 25.4. The van der Waals surface area contributed by atoms with Crippen LogP contribution in [-0.2, 0) is 19.6 Å². The van der Waals surface area contributed by atoms with Crippen LogP contribution in [0.5, 0.6) is 5.88 Å². The molecular formula is C24H29ClN4O5S. The molecule has 188 valence electrons. The first-order valence-corrected chi connectivity index (χ1v) is 12.9. The van der Waals surface area contributed by atoms with Gasteiger partial charge in [0.2, 0.25) is 21.8 Å². The minimum absolute atomic E-state index is 0. The van der Waals surface area contributed by atoms with Gasteiger partial charge in [-0.2, -0.15) is 0 Å². The molecule has 1 aromatic carbocycles. The zero-order valence-electron chi connectivity index (χ0n) is 19.3. The number of nitrogens with one attached hydrogen (secondary N) is 3. The molecule has 2 saturated carbocycles. The van der Waals surface area contributed by atoms with E-state index in [-0.39, 0.29) is 30.3 Å². The summed E-state index contributed by atoms with van der Waals surface area (Å²) in [6.07, 6.45) is 4.72. The molecule has 11 heteroatoms. The highest BCUT2D eigenvalue weighted by Crippen LogP contribution is 2.47. The van der Waals surface area contributed by atoms with Gasteiger partial charge >= 0.3 is 0 Å². The van der Waals surface area contributed by atoms with Crippen molar-refractivity contribution in [2.45, 2.75) is 55.0 Å². The number of halogens is 1. The second-order valence-corrected chi connectivity index (χ2v) is 11.9. The first-order chi connectivity index (χ1) is 16.2. The number of hydrogen-bond donors (Lipinski definition) is 3. The summed E-state index contributed by atoms with van der Waals surface area (Å²) in [5.41, 5.74) is -1.30. The monoisotopic (exact) mass is 520 g/mol. The topological polar surface area (TPSA) is 126 Å². The molecule has 5 rings (SSSR count). The number of amides is 2. The van der Waals surface area contributed by atoms with Crippen LogP contribution in [0.1, 0.15) is 32.6 Å². The van der Waals surface area contributed by atoms with Crippen molar-refractivity contribution >= 4 is 45.0 Å². The molecule has 2 aliphatic carbocycles. The molecular weight excluding hydrogens is 492 g/mol. The molecule has 3 N–H and O–H groups in total. The van der Waals surface area contributed by atoms with Gasteiger partial charge in [-0.25, -0.2) is 13.4 Å². The Labute approximate surface area is 210 Å². The van der Waals surface area contributed by atoms with Gasteiger partial charge in [0.05, 0.1) is 10.8 Å². The van der Waals surface area contributed by atoms with Crippen molar-refractivity contribution in [2.24, 2.45) is 5.92 Å². The molecule has 3 aliphatic rings. The second kappa shape index (κ2) is 9.07. The molecule has 1 aliphatic heterocycles. The van der Waals surface area contributed by atoms with Gasteiger partial charge < -0.3 is 15.4 Å². The van der Waals surface area contributed by atoms with Crippen LogP contribution in [0.15, 0.2) is 49.2 Å². The Morgan fingerprint density at radius 3 is 2.69 bits per heavy atom. The molecule has 2 aromatic rings. The summed E-state index contributed by atoms with van der Waals surface area (Å²) in [6, 6.07) is 9.11. The third kappa shape index (κ3) is 4.62. The van der Waals surface area contributed by atoms with Gasteiger partial charge in [0.1, 0.15) is 11.6 Å². The maximum absolute atomic E-state index is 13.0. The van der Waals surface area contributed by atoms with Crippen LogP contribution in [0.4, 0.5) is 0 Å². The average Bonchev–Trinajstić information content (AvgIpc) is 3.69. The van der Waals surface area contributed by atoms with Crippen molar-refractivity contribution in [3.8, 4) is 5.88 Å². The molecule has 0 radical (unpaired) electrons. The van der Waals surface area contributed by atoms with E-state index in [0.29, 0.717) is 38.1 Å². The summed E-state index contributed by atoms with van der Waals surface area (Å²) in [5, 5.41) is 7.85. The maximum atomic E-state index is 13.0. The fourth-order valence-electron chi connectivity index (χ4n) is 4.46. The van der Waals surface area contributed by atoms with E-state index in [9.17, 15) is 18.0 Å². The Bertz CT molecular complexity index is 1280. The van der Waals surface area contributed by atoms with Crippen LogP contribution in [0.2, 0.25) is 0 Å². The quantitative estimate of drug-likeness (QED) is 0.453. The molecule has 2 heterocycles. The first-order valence-electron chi connectivity index (χ1n) is 11.4. The summed E-state index contributed by atoms with van der Waals surface area (Å²) >= 11 is 0. The number of rotatable bonds is 8. The van der Waals surface area contributed by atoms with E-state index >= 15 is 0 Å². The highest BCUT2D eigenvalue weighted by atomic mass is 35.5.